The summed E-state index contributed by atoms with van der Waals surface area (Å²) < 4.78 is 13.4. The lowest BCUT2D eigenvalue weighted by Crippen LogP contribution is -2.31. The van der Waals surface area contributed by atoms with E-state index in [9.17, 15) is 4.39 Å². The molecule has 5 rings (SSSR count). The summed E-state index contributed by atoms with van der Waals surface area (Å²) in [5, 5.41) is 1.07. The van der Waals surface area contributed by atoms with Gasteiger partial charge in [-0.1, -0.05) is 6.07 Å². The lowest BCUT2D eigenvalue weighted by atomic mass is 10.1. The molecule has 0 fully saturated rings. The van der Waals surface area contributed by atoms with Crippen molar-refractivity contribution in [2.75, 3.05) is 6.54 Å². The molecule has 1 aliphatic heterocycles. The molecule has 3 aromatic heterocycles. The summed E-state index contributed by atoms with van der Waals surface area (Å²) in [7, 11) is 0. The molecule has 1 aliphatic rings. The highest BCUT2D eigenvalue weighted by Crippen LogP contribution is 2.24. The number of fused-ring (bicyclic) bond motifs is 2. The van der Waals surface area contributed by atoms with Crippen LogP contribution in [0.4, 0.5) is 4.39 Å². The Morgan fingerprint density at radius 2 is 2.11 bits per heavy atom. The van der Waals surface area contributed by atoms with Gasteiger partial charge in [0.2, 0.25) is 0 Å². The minimum absolute atomic E-state index is 0.221. The van der Waals surface area contributed by atoms with E-state index in [1.165, 1.54) is 23.3 Å². The zero-order valence-electron chi connectivity index (χ0n) is 14.7. The standard InChI is InChI=1S/C21H18FN5/c22-16-4-5-17-15(11-24-19(17)9-16)12-27-8-6-14-10-25-21(26-20(14)13-27)18-3-1-2-7-23-18/h1-5,7,9-11,24H,6,8,12-13H2. The molecular formula is C21H18FN5. The van der Waals surface area contributed by atoms with Crippen LogP contribution in [0.15, 0.2) is 55.0 Å². The lowest BCUT2D eigenvalue weighted by molar-refractivity contribution is 0.242. The van der Waals surface area contributed by atoms with Gasteiger partial charge in [0.15, 0.2) is 5.82 Å². The van der Waals surface area contributed by atoms with E-state index in [-0.39, 0.29) is 5.82 Å². The van der Waals surface area contributed by atoms with Gasteiger partial charge in [0, 0.05) is 49.1 Å². The Bertz CT molecular complexity index is 1110. The van der Waals surface area contributed by atoms with Crippen LogP contribution in [-0.4, -0.2) is 31.4 Å². The van der Waals surface area contributed by atoms with E-state index in [0.29, 0.717) is 5.82 Å². The smallest absolute Gasteiger partial charge is 0.178 e. The molecule has 4 aromatic rings. The van der Waals surface area contributed by atoms with Crippen LogP contribution < -0.4 is 0 Å². The SMILES string of the molecule is Fc1ccc2c(CN3CCc4cnc(-c5ccccn5)nc4C3)c[nH]c2c1. The zero-order chi connectivity index (χ0) is 18.2. The molecule has 0 amide bonds. The van der Waals surface area contributed by atoms with Crippen LogP contribution >= 0.6 is 0 Å². The number of rotatable bonds is 3. The average molecular weight is 359 g/mol. The third kappa shape index (κ3) is 3.08. The summed E-state index contributed by atoms with van der Waals surface area (Å²) in [6.45, 7) is 2.52. The minimum atomic E-state index is -0.221. The molecule has 6 heteroatoms. The number of nitrogens with zero attached hydrogens (tertiary/aromatic N) is 4. The number of hydrogen-bond acceptors (Lipinski definition) is 4. The molecule has 0 saturated heterocycles. The van der Waals surface area contributed by atoms with E-state index in [1.807, 2.05) is 36.7 Å². The molecule has 0 atom stereocenters. The first kappa shape index (κ1) is 16.1. The number of hydrogen-bond donors (Lipinski definition) is 1. The molecule has 0 unspecified atom stereocenters. The van der Waals surface area contributed by atoms with Crippen molar-refractivity contribution >= 4 is 10.9 Å². The van der Waals surface area contributed by atoms with Crippen molar-refractivity contribution in [2.45, 2.75) is 19.5 Å². The van der Waals surface area contributed by atoms with Gasteiger partial charge < -0.3 is 4.98 Å². The van der Waals surface area contributed by atoms with Gasteiger partial charge >= 0.3 is 0 Å². The zero-order valence-corrected chi connectivity index (χ0v) is 14.7. The highest BCUT2D eigenvalue weighted by molar-refractivity contribution is 5.83. The van der Waals surface area contributed by atoms with Crippen LogP contribution in [-0.2, 0) is 19.5 Å². The minimum Gasteiger partial charge on any atom is -0.361 e. The third-order valence-electron chi connectivity index (χ3n) is 5.04. The summed E-state index contributed by atoms with van der Waals surface area (Å²) in [6, 6.07) is 10.6. The highest BCUT2D eigenvalue weighted by atomic mass is 19.1. The molecule has 134 valence electrons. The maximum Gasteiger partial charge on any atom is 0.178 e. The van der Waals surface area contributed by atoms with E-state index in [1.54, 1.807) is 6.20 Å². The number of nitrogens with one attached hydrogen (secondary N) is 1. The van der Waals surface area contributed by atoms with Gasteiger partial charge in [0.1, 0.15) is 11.5 Å². The highest BCUT2D eigenvalue weighted by Gasteiger charge is 2.20. The number of halogens is 1. The first-order chi connectivity index (χ1) is 13.3. The Hall–Kier alpha value is -3.12. The van der Waals surface area contributed by atoms with Crippen molar-refractivity contribution in [3.8, 4) is 11.5 Å². The summed E-state index contributed by atoms with van der Waals surface area (Å²) in [6.07, 6.45) is 6.58. The van der Waals surface area contributed by atoms with Crippen molar-refractivity contribution in [3.63, 3.8) is 0 Å². The van der Waals surface area contributed by atoms with Crippen LogP contribution in [0.1, 0.15) is 16.8 Å². The second kappa shape index (κ2) is 6.55. The molecule has 1 N–H and O–H groups in total. The number of pyridine rings is 1. The number of aromatic nitrogens is 4. The van der Waals surface area contributed by atoms with Gasteiger partial charge in [0.25, 0.3) is 0 Å². The average Bonchev–Trinajstić information content (AvgIpc) is 3.10. The van der Waals surface area contributed by atoms with Crippen LogP contribution in [0.5, 0.6) is 0 Å². The first-order valence-corrected chi connectivity index (χ1v) is 9.00. The molecule has 0 bridgehead atoms. The summed E-state index contributed by atoms with van der Waals surface area (Å²) in [4.78, 5) is 19.1. The Kier molecular flexibility index (Phi) is 3.90. The van der Waals surface area contributed by atoms with Crippen molar-refractivity contribution in [1.82, 2.24) is 24.8 Å². The summed E-state index contributed by atoms with van der Waals surface area (Å²) in [5.41, 5.74) is 5.06. The van der Waals surface area contributed by atoms with E-state index in [2.05, 4.69) is 19.9 Å². The van der Waals surface area contributed by atoms with Crippen molar-refractivity contribution in [3.05, 3.63) is 77.6 Å². The van der Waals surface area contributed by atoms with E-state index >= 15 is 0 Å². The quantitative estimate of drug-likeness (QED) is 0.606. The van der Waals surface area contributed by atoms with E-state index in [0.717, 1.165) is 48.3 Å². The molecule has 0 aliphatic carbocycles. The fourth-order valence-corrected chi connectivity index (χ4v) is 3.64. The normalized spacial score (nSPS) is 14.4. The van der Waals surface area contributed by atoms with E-state index < -0.39 is 0 Å². The lowest BCUT2D eigenvalue weighted by Gasteiger charge is -2.27. The van der Waals surface area contributed by atoms with Crippen molar-refractivity contribution < 1.29 is 4.39 Å². The number of H-pyrrole nitrogens is 1. The largest absolute Gasteiger partial charge is 0.361 e. The van der Waals surface area contributed by atoms with Crippen molar-refractivity contribution in [1.29, 1.82) is 0 Å². The van der Waals surface area contributed by atoms with Crippen LogP contribution in [0.2, 0.25) is 0 Å². The fraction of sp³-hybridized carbons (Fsp3) is 0.190. The van der Waals surface area contributed by atoms with Crippen LogP contribution in [0.3, 0.4) is 0 Å². The topological polar surface area (TPSA) is 57.7 Å². The van der Waals surface area contributed by atoms with Gasteiger partial charge in [-0.3, -0.25) is 9.88 Å². The van der Waals surface area contributed by atoms with Gasteiger partial charge in [0.05, 0.1) is 5.69 Å². The fourth-order valence-electron chi connectivity index (χ4n) is 3.64. The second-order valence-corrected chi connectivity index (χ2v) is 6.84. The maximum atomic E-state index is 13.4. The first-order valence-electron chi connectivity index (χ1n) is 9.00. The predicted octanol–water partition coefficient (Wildman–Crippen LogP) is 3.72. The van der Waals surface area contributed by atoms with Crippen molar-refractivity contribution in [2.24, 2.45) is 0 Å². The number of benzene rings is 1. The molecule has 0 spiro atoms. The summed E-state index contributed by atoms with van der Waals surface area (Å²) in [5.74, 6) is 0.445. The van der Waals surface area contributed by atoms with Gasteiger partial charge in [-0.25, -0.2) is 14.4 Å². The molecule has 0 radical (unpaired) electrons. The number of aromatic amines is 1. The van der Waals surface area contributed by atoms with Gasteiger partial charge in [-0.15, -0.1) is 0 Å². The third-order valence-corrected chi connectivity index (χ3v) is 5.04. The Balaban J connectivity index is 1.40. The van der Waals surface area contributed by atoms with E-state index in [4.69, 9.17) is 4.98 Å². The monoisotopic (exact) mass is 359 g/mol. The molecule has 0 saturated carbocycles. The Morgan fingerprint density at radius 3 is 3.00 bits per heavy atom. The van der Waals surface area contributed by atoms with Crippen LogP contribution in [0, 0.1) is 5.82 Å². The Labute approximate surface area is 155 Å². The molecule has 27 heavy (non-hydrogen) atoms. The predicted molar refractivity (Wildman–Crippen MR) is 101 cm³/mol. The molecule has 1 aromatic carbocycles. The maximum absolute atomic E-state index is 13.4. The molecular weight excluding hydrogens is 341 g/mol. The van der Waals surface area contributed by atoms with Gasteiger partial charge in [-0.2, -0.15) is 0 Å². The Morgan fingerprint density at radius 1 is 1.15 bits per heavy atom. The summed E-state index contributed by atoms with van der Waals surface area (Å²) >= 11 is 0. The van der Waals surface area contributed by atoms with Gasteiger partial charge in [-0.05, 0) is 47.9 Å². The van der Waals surface area contributed by atoms with Crippen LogP contribution in [0.25, 0.3) is 22.4 Å². The second-order valence-electron chi connectivity index (χ2n) is 6.84. The molecule has 5 nitrogen and oxygen atoms in total. The molecule has 4 heterocycles.